The first-order chi connectivity index (χ1) is 7.81. The van der Waals surface area contributed by atoms with Crippen LogP contribution in [0.15, 0.2) is 24.3 Å². The lowest BCUT2D eigenvalue weighted by molar-refractivity contribution is -0.149. The first-order valence-electron chi connectivity index (χ1n) is 6.33. The predicted octanol–water partition coefficient (Wildman–Crippen LogP) is 3.10. The molecule has 0 radical (unpaired) electrons. The van der Waals surface area contributed by atoms with E-state index < -0.39 is 0 Å². The number of unbranched alkanes of at least 4 members (excludes halogenated alkanes) is 1. The molecule has 0 spiro atoms. The Morgan fingerprint density at radius 2 is 2.12 bits per heavy atom. The summed E-state index contributed by atoms with van der Waals surface area (Å²) in [4.78, 5) is 11.9. The predicted molar refractivity (Wildman–Crippen MR) is 63.9 cm³/mol. The summed E-state index contributed by atoms with van der Waals surface area (Å²) in [5.41, 5.74) is 0. The maximum Gasteiger partial charge on any atom is 0.309 e. The summed E-state index contributed by atoms with van der Waals surface area (Å²) in [6.45, 7) is 2.69. The van der Waals surface area contributed by atoms with Gasteiger partial charge in [0.2, 0.25) is 0 Å². The molecule has 2 aliphatic carbocycles. The molecular formula is C14H20O2. The van der Waals surface area contributed by atoms with Gasteiger partial charge in [0.1, 0.15) is 0 Å². The van der Waals surface area contributed by atoms with Gasteiger partial charge in [-0.25, -0.2) is 0 Å². The summed E-state index contributed by atoms with van der Waals surface area (Å²) in [6, 6.07) is 0. The van der Waals surface area contributed by atoms with Crippen LogP contribution in [0.25, 0.3) is 0 Å². The van der Waals surface area contributed by atoms with E-state index in [1.165, 1.54) is 0 Å². The molecule has 16 heavy (non-hydrogen) atoms. The molecule has 2 aliphatic rings. The van der Waals surface area contributed by atoms with Crippen molar-refractivity contribution in [2.75, 3.05) is 6.61 Å². The van der Waals surface area contributed by atoms with Crippen molar-refractivity contribution in [3.05, 3.63) is 24.3 Å². The highest BCUT2D eigenvalue weighted by atomic mass is 16.5. The van der Waals surface area contributed by atoms with Crippen LogP contribution in [0.3, 0.4) is 0 Å². The molecule has 0 aromatic heterocycles. The molecule has 3 atom stereocenters. The van der Waals surface area contributed by atoms with Gasteiger partial charge in [-0.1, -0.05) is 37.6 Å². The van der Waals surface area contributed by atoms with E-state index >= 15 is 0 Å². The van der Waals surface area contributed by atoms with Crippen LogP contribution in [0.4, 0.5) is 0 Å². The zero-order valence-electron chi connectivity index (χ0n) is 9.89. The Morgan fingerprint density at radius 1 is 1.31 bits per heavy atom. The van der Waals surface area contributed by atoms with Crippen LogP contribution in [-0.2, 0) is 9.53 Å². The maximum atomic E-state index is 11.9. The number of carbonyl (C=O) groups is 1. The number of ether oxygens (including phenoxy) is 1. The fourth-order valence-corrected chi connectivity index (χ4v) is 2.60. The third-order valence-electron chi connectivity index (χ3n) is 3.55. The molecule has 0 saturated heterocycles. The van der Waals surface area contributed by atoms with E-state index in [0.29, 0.717) is 18.4 Å². The van der Waals surface area contributed by atoms with Crippen molar-refractivity contribution in [3.63, 3.8) is 0 Å². The van der Waals surface area contributed by atoms with Crippen LogP contribution in [0.5, 0.6) is 0 Å². The number of carbonyl (C=O) groups excluding carboxylic acids is 1. The van der Waals surface area contributed by atoms with Crippen LogP contribution < -0.4 is 0 Å². The molecule has 1 fully saturated rings. The minimum atomic E-state index is 0.0147. The van der Waals surface area contributed by atoms with Gasteiger partial charge in [-0.3, -0.25) is 4.79 Å². The van der Waals surface area contributed by atoms with Crippen molar-refractivity contribution < 1.29 is 9.53 Å². The van der Waals surface area contributed by atoms with E-state index in [1.54, 1.807) is 0 Å². The van der Waals surface area contributed by atoms with E-state index in [9.17, 15) is 4.79 Å². The second-order valence-corrected chi connectivity index (χ2v) is 4.79. The lowest BCUT2D eigenvalue weighted by atomic mass is 9.95. The molecule has 0 aliphatic heterocycles. The molecule has 0 unspecified atom stereocenters. The summed E-state index contributed by atoms with van der Waals surface area (Å²) in [6.07, 6.45) is 12.7. The molecule has 2 rings (SSSR count). The Balaban J connectivity index is 1.88. The van der Waals surface area contributed by atoms with E-state index in [0.717, 1.165) is 25.7 Å². The number of allylic oxidation sites excluding steroid dienone is 4. The average molecular weight is 220 g/mol. The van der Waals surface area contributed by atoms with Gasteiger partial charge >= 0.3 is 5.97 Å². The third-order valence-corrected chi connectivity index (χ3v) is 3.55. The summed E-state index contributed by atoms with van der Waals surface area (Å²) in [5.74, 6) is 1.09. The van der Waals surface area contributed by atoms with Gasteiger partial charge in [-0.05, 0) is 31.1 Å². The van der Waals surface area contributed by atoms with Crippen molar-refractivity contribution in [1.82, 2.24) is 0 Å². The minimum Gasteiger partial charge on any atom is -0.465 e. The highest BCUT2D eigenvalue weighted by Crippen LogP contribution is 2.40. The highest BCUT2D eigenvalue weighted by molar-refractivity contribution is 5.73. The van der Waals surface area contributed by atoms with Crippen LogP contribution in [0.2, 0.25) is 0 Å². The normalized spacial score (nSPS) is 31.4. The molecule has 0 amide bonds. The Labute approximate surface area is 97.4 Å². The number of fused-ring (bicyclic) bond motifs is 2. The van der Waals surface area contributed by atoms with Crippen molar-refractivity contribution in [1.29, 1.82) is 0 Å². The number of rotatable bonds is 4. The van der Waals surface area contributed by atoms with Gasteiger partial charge < -0.3 is 4.74 Å². The van der Waals surface area contributed by atoms with E-state index in [-0.39, 0.29) is 11.9 Å². The molecule has 2 heteroatoms. The zero-order valence-corrected chi connectivity index (χ0v) is 9.89. The fraction of sp³-hybridized carbons (Fsp3) is 0.643. The zero-order chi connectivity index (χ0) is 11.4. The molecular weight excluding hydrogens is 200 g/mol. The molecule has 2 bridgehead atoms. The van der Waals surface area contributed by atoms with Gasteiger partial charge in [0.05, 0.1) is 12.5 Å². The van der Waals surface area contributed by atoms with Crippen LogP contribution >= 0.6 is 0 Å². The Bertz CT molecular complexity index is 304. The molecule has 2 nitrogen and oxygen atoms in total. The fourth-order valence-electron chi connectivity index (χ4n) is 2.60. The number of hydrogen-bond donors (Lipinski definition) is 0. The number of hydrogen-bond acceptors (Lipinski definition) is 2. The Hall–Kier alpha value is -1.05. The average Bonchev–Trinajstić information content (AvgIpc) is 2.51. The minimum absolute atomic E-state index is 0.0147. The second-order valence-electron chi connectivity index (χ2n) is 4.79. The van der Waals surface area contributed by atoms with Crippen LogP contribution in [0.1, 0.15) is 32.6 Å². The monoisotopic (exact) mass is 220 g/mol. The van der Waals surface area contributed by atoms with Gasteiger partial charge in [0.15, 0.2) is 0 Å². The summed E-state index contributed by atoms with van der Waals surface area (Å²) in [7, 11) is 0. The Morgan fingerprint density at radius 3 is 2.94 bits per heavy atom. The largest absolute Gasteiger partial charge is 0.465 e. The first kappa shape index (κ1) is 11.4. The molecule has 0 aromatic carbocycles. The molecule has 0 aromatic rings. The first-order valence-corrected chi connectivity index (χ1v) is 6.33. The topological polar surface area (TPSA) is 26.3 Å². The van der Waals surface area contributed by atoms with Crippen molar-refractivity contribution in [2.45, 2.75) is 32.6 Å². The molecule has 88 valence electrons. The second kappa shape index (κ2) is 5.33. The SMILES string of the molecule is CCCCOC(=O)[C@H]1C[C@@H]2C=CC=C[C@H]1C2. The van der Waals surface area contributed by atoms with Gasteiger partial charge in [0.25, 0.3) is 0 Å². The van der Waals surface area contributed by atoms with Crippen LogP contribution in [-0.4, -0.2) is 12.6 Å². The van der Waals surface area contributed by atoms with Crippen molar-refractivity contribution >= 4 is 5.97 Å². The third kappa shape index (κ3) is 2.55. The number of esters is 1. The lowest BCUT2D eigenvalue weighted by Gasteiger charge is -2.15. The summed E-state index contributed by atoms with van der Waals surface area (Å²) >= 11 is 0. The molecule has 1 saturated carbocycles. The van der Waals surface area contributed by atoms with Gasteiger partial charge in [0, 0.05) is 0 Å². The van der Waals surface area contributed by atoms with E-state index in [2.05, 4.69) is 31.2 Å². The molecule has 0 heterocycles. The van der Waals surface area contributed by atoms with Crippen molar-refractivity contribution in [2.24, 2.45) is 17.8 Å². The standard InChI is InChI=1S/C14H20O2/c1-2-3-8-16-14(15)13-10-11-6-4-5-7-12(13)9-11/h4-7,11-13H,2-3,8-10H2,1H3/t11-,12+,13+/m1/s1. The maximum absolute atomic E-state index is 11.9. The van der Waals surface area contributed by atoms with E-state index in [4.69, 9.17) is 4.74 Å². The summed E-state index contributed by atoms with van der Waals surface area (Å²) < 4.78 is 5.32. The van der Waals surface area contributed by atoms with Gasteiger partial charge in [-0.15, -0.1) is 0 Å². The van der Waals surface area contributed by atoms with Gasteiger partial charge in [-0.2, -0.15) is 0 Å². The van der Waals surface area contributed by atoms with Crippen molar-refractivity contribution in [3.8, 4) is 0 Å². The quantitative estimate of drug-likeness (QED) is 0.537. The lowest BCUT2D eigenvalue weighted by Crippen LogP contribution is -2.21. The Kier molecular flexibility index (Phi) is 3.81. The van der Waals surface area contributed by atoms with E-state index in [1.807, 2.05) is 0 Å². The van der Waals surface area contributed by atoms with Crippen LogP contribution in [0, 0.1) is 17.8 Å². The smallest absolute Gasteiger partial charge is 0.309 e. The molecule has 0 N–H and O–H groups in total. The highest BCUT2D eigenvalue weighted by Gasteiger charge is 2.37. The summed E-state index contributed by atoms with van der Waals surface area (Å²) in [5, 5.41) is 0.